The molecule has 8 aromatic rings. The van der Waals surface area contributed by atoms with Crippen LogP contribution < -0.4 is 0 Å². The van der Waals surface area contributed by atoms with Crippen molar-refractivity contribution in [3.63, 3.8) is 0 Å². The van der Waals surface area contributed by atoms with E-state index in [9.17, 15) is 0 Å². The Hall–Kier alpha value is -5.66. The Kier molecular flexibility index (Phi) is 6.65. The lowest BCUT2D eigenvalue weighted by Gasteiger charge is -2.22. The van der Waals surface area contributed by atoms with E-state index >= 15 is 0 Å². The summed E-state index contributed by atoms with van der Waals surface area (Å²) in [5.74, 6) is 0. The van der Waals surface area contributed by atoms with Gasteiger partial charge >= 0.3 is 0 Å². The quantitative estimate of drug-likeness (QED) is 0.179. The molecule has 1 heteroatoms. The summed E-state index contributed by atoms with van der Waals surface area (Å²) in [5, 5.41) is 7.10. The van der Waals surface area contributed by atoms with Crippen LogP contribution in [0.1, 0.15) is 18.1 Å². The van der Waals surface area contributed by atoms with Gasteiger partial charge in [0.2, 0.25) is 0 Å². The molecule has 0 radical (unpaired) electrons. The van der Waals surface area contributed by atoms with Crippen molar-refractivity contribution in [3.8, 4) is 33.4 Å². The van der Waals surface area contributed by atoms with E-state index in [0.717, 1.165) is 44.9 Å². The topological polar surface area (TPSA) is 13.1 Å². The minimum atomic E-state index is 0.760. The molecule has 0 unspecified atom stereocenters. The molecule has 0 bridgehead atoms. The van der Waals surface area contributed by atoms with E-state index in [4.69, 9.17) is 4.42 Å². The molecule has 1 nitrogen and oxygen atoms in total. The maximum Gasteiger partial charge on any atom is 0.143 e. The van der Waals surface area contributed by atoms with Crippen molar-refractivity contribution in [3.05, 3.63) is 163 Å². The molecule has 0 saturated carbocycles. The van der Waals surface area contributed by atoms with Crippen LogP contribution in [-0.4, -0.2) is 0 Å². The van der Waals surface area contributed by atoms with Crippen LogP contribution in [-0.2, 0) is 6.42 Å². The molecule has 7 aromatic carbocycles. The summed E-state index contributed by atoms with van der Waals surface area (Å²) in [6, 6.07) is 47.8. The van der Waals surface area contributed by atoms with Crippen molar-refractivity contribution in [2.45, 2.75) is 13.3 Å². The second-order valence-electron chi connectivity index (χ2n) is 11.6. The van der Waals surface area contributed by atoms with Crippen molar-refractivity contribution < 1.29 is 4.42 Å². The van der Waals surface area contributed by atoms with E-state index in [1.54, 1.807) is 0 Å². The zero-order valence-corrected chi connectivity index (χ0v) is 25.3. The molecule has 0 N–H and O–H groups in total. The van der Waals surface area contributed by atoms with Crippen molar-refractivity contribution >= 4 is 49.6 Å². The summed E-state index contributed by atoms with van der Waals surface area (Å²) in [4.78, 5) is 0. The molecule has 0 fully saturated rings. The Labute approximate surface area is 263 Å². The summed E-state index contributed by atoms with van der Waals surface area (Å²) in [6.07, 6.45) is 7.20. The molecule has 1 aromatic heterocycles. The largest absolute Gasteiger partial charge is 0.455 e. The third-order valence-electron chi connectivity index (χ3n) is 8.96. The Bertz CT molecular complexity index is 2420. The molecular weight excluding hydrogens is 544 g/mol. The minimum Gasteiger partial charge on any atom is -0.455 e. The lowest BCUT2D eigenvalue weighted by molar-refractivity contribution is 0.674. The smallest absolute Gasteiger partial charge is 0.143 e. The standard InChI is InChI=1S/C44H32O/c1-3-14-35-36(15-4-2)42(38-23-11-10-22-37(38)41(35)30-17-6-5-7-18-30)32-20-12-19-31(28-32)34-24-13-25-39-40-27-26-29-16-8-9-21-33(29)43(40)45-44(34)39/h3-14,16-28H,2,15H2,1H3/b14-3-. The molecule has 214 valence electrons. The van der Waals surface area contributed by atoms with Gasteiger partial charge in [0.1, 0.15) is 11.2 Å². The summed E-state index contributed by atoms with van der Waals surface area (Å²) >= 11 is 0. The van der Waals surface area contributed by atoms with E-state index in [0.29, 0.717) is 0 Å². The van der Waals surface area contributed by atoms with Crippen molar-refractivity contribution in [2.75, 3.05) is 0 Å². The molecule has 45 heavy (non-hydrogen) atoms. The maximum absolute atomic E-state index is 6.72. The first-order valence-electron chi connectivity index (χ1n) is 15.6. The zero-order valence-electron chi connectivity index (χ0n) is 25.3. The molecule has 0 aliphatic heterocycles. The second kappa shape index (κ2) is 11.1. The van der Waals surface area contributed by atoms with Gasteiger partial charge in [-0.15, -0.1) is 6.58 Å². The van der Waals surface area contributed by atoms with Gasteiger partial charge in [0.25, 0.3) is 0 Å². The highest BCUT2D eigenvalue weighted by atomic mass is 16.3. The first-order chi connectivity index (χ1) is 22.3. The molecule has 0 atom stereocenters. The molecule has 0 spiro atoms. The highest BCUT2D eigenvalue weighted by Gasteiger charge is 2.21. The van der Waals surface area contributed by atoms with Gasteiger partial charge in [-0.05, 0) is 80.6 Å². The van der Waals surface area contributed by atoms with E-state index in [2.05, 4.69) is 159 Å². The van der Waals surface area contributed by atoms with E-state index in [-0.39, 0.29) is 0 Å². The van der Waals surface area contributed by atoms with Crippen LogP contribution in [0.15, 0.2) is 157 Å². The lowest BCUT2D eigenvalue weighted by atomic mass is 9.82. The number of rotatable bonds is 6. The van der Waals surface area contributed by atoms with Crippen molar-refractivity contribution in [1.29, 1.82) is 0 Å². The van der Waals surface area contributed by atoms with Crippen LogP contribution in [0, 0.1) is 0 Å². The Morgan fingerprint density at radius 1 is 0.556 bits per heavy atom. The maximum atomic E-state index is 6.72. The highest BCUT2D eigenvalue weighted by molar-refractivity contribution is 6.17. The minimum absolute atomic E-state index is 0.760. The van der Waals surface area contributed by atoms with Gasteiger partial charge in [-0.3, -0.25) is 0 Å². The van der Waals surface area contributed by atoms with Gasteiger partial charge in [0.15, 0.2) is 0 Å². The van der Waals surface area contributed by atoms with E-state index in [1.807, 2.05) is 6.08 Å². The Morgan fingerprint density at radius 3 is 2.00 bits per heavy atom. The third-order valence-corrected chi connectivity index (χ3v) is 8.96. The number of allylic oxidation sites excluding steroid dienone is 2. The van der Waals surface area contributed by atoms with E-state index in [1.165, 1.54) is 49.5 Å². The average molecular weight is 577 g/mol. The third kappa shape index (κ3) is 4.39. The van der Waals surface area contributed by atoms with Crippen molar-refractivity contribution in [2.24, 2.45) is 0 Å². The van der Waals surface area contributed by atoms with Crippen molar-refractivity contribution in [1.82, 2.24) is 0 Å². The molecule has 8 rings (SSSR count). The van der Waals surface area contributed by atoms with Crippen LogP contribution in [0.3, 0.4) is 0 Å². The molecular formula is C44H32O. The molecule has 0 amide bonds. The van der Waals surface area contributed by atoms with Crippen LogP contribution in [0.4, 0.5) is 0 Å². The fraction of sp³-hybridized carbons (Fsp3) is 0.0455. The van der Waals surface area contributed by atoms with Crippen LogP contribution in [0.25, 0.3) is 82.9 Å². The SMILES string of the molecule is C=CCc1c(/C=C\C)c(-c2ccccc2)c2ccccc2c1-c1cccc(-c2cccc3c2oc2c4ccccc4ccc32)c1. The Balaban J connectivity index is 1.40. The number of hydrogen-bond acceptors (Lipinski definition) is 1. The fourth-order valence-electron chi connectivity index (χ4n) is 7.06. The van der Waals surface area contributed by atoms with Crippen LogP contribution in [0.5, 0.6) is 0 Å². The van der Waals surface area contributed by atoms with Crippen LogP contribution >= 0.6 is 0 Å². The number of furan rings is 1. The second-order valence-corrected chi connectivity index (χ2v) is 11.6. The lowest BCUT2D eigenvalue weighted by Crippen LogP contribution is -1.99. The molecule has 0 saturated heterocycles. The summed E-state index contributed by atoms with van der Waals surface area (Å²) in [6.45, 7) is 6.28. The monoisotopic (exact) mass is 576 g/mol. The van der Waals surface area contributed by atoms with Gasteiger partial charge in [-0.2, -0.15) is 0 Å². The number of hydrogen-bond donors (Lipinski definition) is 0. The average Bonchev–Trinajstić information content (AvgIpc) is 3.49. The highest BCUT2D eigenvalue weighted by Crippen LogP contribution is 2.45. The van der Waals surface area contributed by atoms with Gasteiger partial charge in [0.05, 0.1) is 0 Å². The first-order valence-corrected chi connectivity index (χ1v) is 15.6. The van der Waals surface area contributed by atoms with Gasteiger partial charge in [-0.25, -0.2) is 0 Å². The number of fused-ring (bicyclic) bond motifs is 6. The van der Waals surface area contributed by atoms with Gasteiger partial charge in [-0.1, -0.05) is 140 Å². The molecule has 0 aliphatic carbocycles. The van der Waals surface area contributed by atoms with Gasteiger partial charge in [0, 0.05) is 21.7 Å². The first kappa shape index (κ1) is 26.9. The predicted molar refractivity (Wildman–Crippen MR) is 194 cm³/mol. The predicted octanol–water partition coefficient (Wildman–Crippen LogP) is 12.7. The van der Waals surface area contributed by atoms with Crippen LogP contribution in [0.2, 0.25) is 0 Å². The summed E-state index contributed by atoms with van der Waals surface area (Å²) in [7, 11) is 0. The van der Waals surface area contributed by atoms with Gasteiger partial charge < -0.3 is 4.42 Å². The fourth-order valence-corrected chi connectivity index (χ4v) is 7.06. The zero-order chi connectivity index (χ0) is 30.3. The van der Waals surface area contributed by atoms with E-state index < -0.39 is 0 Å². The normalized spacial score (nSPS) is 11.8. The summed E-state index contributed by atoms with van der Waals surface area (Å²) in [5.41, 5.74) is 11.5. The number of para-hydroxylation sites is 1. The number of benzene rings is 7. The molecule has 0 aliphatic rings. The Morgan fingerprint density at radius 2 is 1.20 bits per heavy atom. The molecule has 1 heterocycles. The summed E-state index contributed by atoms with van der Waals surface area (Å²) < 4.78 is 6.72.